The second-order valence-corrected chi connectivity index (χ2v) is 12.4. The summed E-state index contributed by atoms with van der Waals surface area (Å²) in [5.74, 6) is -1.03. The van der Waals surface area contributed by atoms with Gasteiger partial charge in [-0.05, 0) is 30.3 Å². The fraction of sp³-hybridized carbons (Fsp3) is 0.400. The molecule has 0 saturated carbocycles. The number of hydrogen-bond donors (Lipinski definition) is 0. The lowest BCUT2D eigenvalue weighted by atomic mass is 9.87. The summed E-state index contributed by atoms with van der Waals surface area (Å²) in [4.78, 5) is 43.9. The van der Waals surface area contributed by atoms with Crippen molar-refractivity contribution in [1.29, 1.82) is 0 Å². The molecular formula is C30H33F2N5O3S. The maximum atomic E-state index is 15.3. The second-order valence-electron chi connectivity index (χ2n) is 11.3. The van der Waals surface area contributed by atoms with E-state index in [1.165, 1.54) is 41.8 Å². The van der Waals surface area contributed by atoms with E-state index < -0.39 is 22.3 Å². The number of aromatic nitrogens is 2. The molecule has 3 heterocycles. The molecule has 0 bridgehead atoms. The average Bonchev–Trinajstić information content (AvgIpc) is 3.27. The van der Waals surface area contributed by atoms with Crippen molar-refractivity contribution in [2.24, 2.45) is 0 Å². The Labute approximate surface area is 242 Å². The van der Waals surface area contributed by atoms with E-state index in [0.717, 1.165) is 0 Å². The summed E-state index contributed by atoms with van der Waals surface area (Å²) in [5, 5.41) is 4.37. The first-order valence-corrected chi connectivity index (χ1v) is 14.6. The highest BCUT2D eigenvalue weighted by molar-refractivity contribution is 8.00. The van der Waals surface area contributed by atoms with Gasteiger partial charge in [0.05, 0.1) is 22.4 Å². The van der Waals surface area contributed by atoms with Gasteiger partial charge in [0.15, 0.2) is 0 Å². The molecule has 5 rings (SSSR count). The number of hydrogen-bond acceptors (Lipinski definition) is 5. The lowest BCUT2D eigenvalue weighted by Gasteiger charge is -2.35. The van der Waals surface area contributed by atoms with Crippen LogP contribution in [-0.2, 0) is 19.8 Å². The first kappa shape index (κ1) is 28.8. The SMILES string of the molecule is CC(=O)N1CCN(C(=O)CN2C(=O)CS[C@H](c3ccccc3F)c3c(C(C)(C)C)nn(-c4ccc(F)cc4)c32)CC1. The van der Waals surface area contributed by atoms with E-state index >= 15 is 4.39 Å². The molecule has 1 aromatic heterocycles. The van der Waals surface area contributed by atoms with Crippen LogP contribution in [0.15, 0.2) is 48.5 Å². The van der Waals surface area contributed by atoms with Gasteiger partial charge in [0.2, 0.25) is 17.7 Å². The first-order valence-electron chi connectivity index (χ1n) is 13.5. The number of nitrogens with zero attached hydrogens (tertiary/aromatic N) is 5. The van der Waals surface area contributed by atoms with Crippen molar-refractivity contribution < 1.29 is 23.2 Å². The second kappa shape index (κ2) is 11.3. The molecular weight excluding hydrogens is 548 g/mol. The topological polar surface area (TPSA) is 78.8 Å². The van der Waals surface area contributed by atoms with Crippen molar-refractivity contribution in [3.8, 4) is 5.69 Å². The minimum Gasteiger partial charge on any atom is -0.339 e. The highest BCUT2D eigenvalue weighted by Gasteiger charge is 2.41. The number of anilines is 1. The Morgan fingerprint density at radius 3 is 2.22 bits per heavy atom. The third kappa shape index (κ3) is 5.72. The van der Waals surface area contributed by atoms with Gasteiger partial charge >= 0.3 is 0 Å². The number of fused-ring (bicyclic) bond motifs is 1. The summed E-state index contributed by atoms with van der Waals surface area (Å²) in [7, 11) is 0. The van der Waals surface area contributed by atoms with Gasteiger partial charge in [0.25, 0.3) is 0 Å². The maximum absolute atomic E-state index is 15.3. The number of carbonyl (C=O) groups is 3. The molecule has 0 unspecified atom stereocenters. The third-order valence-corrected chi connectivity index (χ3v) is 8.67. The van der Waals surface area contributed by atoms with E-state index in [1.807, 2.05) is 20.8 Å². The van der Waals surface area contributed by atoms with Gasteiger partial charge in [-0.1, -0.05) is 39.0 Å². The number of rotatable bonds is 4. The lowest BCUT2D eigenvalue weighted by molar-refractivity contribution is -0.137. The molecule has 11 heteroatoms. The predicted octanol–water partition coefficient (Wildman–Crippen LogP) is 4.31. The number of benzene rings is 2. The van der Waals surface area contributed by atoms with Crippen LogP contribution >= 0.6 is 11.8 Å². The van der Waals surface area contributed by atoms with E-state index in [0.29, 0.717) is 54.5 Å². The van der Waals surface area contributed by atoms with E-state index in [-0.39, 0.29) is 30.0 Å². The quantitative estimate of drug-likeness (QED) is 0.459. The molecule has 0 N–H and O–H groups in total. The molecule has 2 aromatic carbocycles. The summed E-state index contributed by atoms with van der Waals surface area (Å²) in [5.41, 5.74) is 1.73. The van der Waals surface area contributed by atoms with Gasteiger partial charge in [-0.25, -0.2) is 13.5 Å². The van der Waals surface area contributed by atoms with Crippen LogP contribution in [0.25, 0.3) is 5.69 Å². The van der Waals surface area contributed by atoms with E-state index in [9.17, 15) is 18.8 Å². The highest BCUT2D eigenvalue weighted by Crippen LogP contribution is 2.48. The third-order valence-electron chi connectivity index (χ3n) is 7.43. The molecule has 0 radical (unpaired) electrons. The van der Waals surface area contributed by atoms with Crippen LogP contribution in [0.5, 0.6) is 0 Å². The normalized spacial score (nSPS) is 17.9. The first-order chi connectivity index (χ1) is 19.5. The molecule has 41 heavy (non-hydrogen) atoms. The molecule has 2 aliphatic rings. The Morgan fingerprint density at radius 2 is 1.61 bits per heavy atom. The Bertz CT molecular complexity index is 1480. The molecule has 3 amide bonds. The van der Waals surface area contributed by atoms with Crippen LogP contribution in [0.1, 0.15) is 49.8 Å². The minimum atomic E-state index is -0.571. The van der Waals surface area contributed by atoms with E-state index in [1.54, 1.807) is 44.8 Å². The molecule has 8 nitrogen and oxygen atoms in total. The van der Waals surface area contributed by atoms with Gasteiger partial charge in [-0.15, -0.1) is 11.8 Å². The van der Waals surface area contributed by atoms with Gasteiger partial charge < -0.3 is 9.80 Å². The van der Waals surface area contributed by atoms with Gasteiger partial charge in [-0.3, -0.25) is 19.3 Å². The summed E-state index contributed by atoms with van der Waals surface area (Å²) in [6, 6.07) is 12.2. The molecule has 216 valence electrons. The predicted molar refractivity (Wildman–Crippen MR) is 154 cm³/mol. The van der Waals surface area contributed by atoms with Crippen molar-refractivity contribution in [2.45, 2.75) is 38.4 Å². The Morgan fingerprint density at radius 1 is 0.976 bits per heavy atom. The Hall–Kier alpha value is -3.73. The zero-order valence-corrected chi connectivity index (χ0v) is 24.4. The average molecular weight is 582 g/mol. The lowest BCUT2D eigenvalue weighted by Crippen LogP contribution is -2.53. The van der Waals surface area contributed by atoms with E-state index in [2.05, 4.69) is 0 Å². The van der Waals surface area contributed by atoms with Crippen molar-refractivity contribution in [3.05, 3.63) is 77.0 Å². The fourth-order valence-corrected chi connectivity index (χ4v) is 6.49. The van der Waals surface area contributed by atoms with Crippen molar-refractivity contribution in [2.75, 3.05) is 43.4 Å². The molecule has 1 atom stereocenters. The van der Waals surface area contributed by atoms with Crippen molar-refractivity contribution >= 4 is 35.3 Å². The largest absolute Gasteiger partial charge is 0.339 e. The molecule has 0 aliphatic carbocycles. The molecule has 1 saturated heterocycles. The minimum absolute atomic E-state index is 0.0199. The number of thioether (sulfide) groups is 1. The number of carbonyl (C=O) groups excluding carboxylic acids is 3. The Kier molecular flexibility index (Phi) is 7.91. The van der Waals surface area contributed by atoms with E-state index in [4.69, 9.17) is 5.10 Å². The molecule has 3 aromatic rings. The zero-order chi connectivity index (χ0) is 29.5. The van der Waals surface area contributed by atoms with Crippen LogP contribution in [-0.4, -0.2) is 75.8 Å². The van der Waals surface area contributed by atoms with Crippen molar-refractivity contribution in [3.63, 3.8) is 0 Å². The maximum Gasteiger partial charge on any atom is 0.242 e. The van der Waals surface area contributed by atoms with Crippen LogP contribution in [0.2, 0.25) is 0 Å². The Balaban J connectivity index is 1.66. The molecule has 1 fully saturated rings. The number of piperazine rings is 1. The van der Waals surface area contributed by atoms with Crippen LogP contribution in [0, 0.1) is 11.6 Å². The van der Waals surface area contributed by atoms with Crippen molar-refractivity contribution in [1.82, 2.24) is 19.6 Å². The van der Waals surface area contributed by atoms with Gasteiger partial charge in [-0.2, -0.15) is 5.10 Å². The zero-order valence-electron chi connectivity index (χ0n) is 23.6. The summed E-state index contributed by atoms with van der Waals surface area (Å²) in [6.45, 7) is 8.81. The van der Waals surface area contributed by atoms with Gasteiger partial charge in [0.1, 0.15) is 24.0 Å². The summed E-state index contributed by atoms with van der Waals surface area (Å²) >= 11 is 1.30. The monoisotopic (exact) mass is 581 g/mol. The van der Waals surface area contributed by atoms with Crippen LogP contribution < -0.4 is 4.90 Å². The fourth-order valence-electron chi connectivity index (χ4n) is 5.27. The van der Waals surface area contributed by atoms with Gasteiger partial charge in [0, 0.05) is 49.6 Å². The van der Waals surface area contributed by atoms with Crippen LogP contribution in [0.3, 0.4) is 0 Å². The molecule has 2 aliphatic heterocycles. The number of halogens is 2. The standard InChI is InChI=1S/C30H33F2N5O3S/c1-19(38)34-13-15-35(16-14-34)24(39)17-36-25(40)18-41-27(22-7-5-6-8-23(22)32)26-28(30(2,3)4)33-37(29(26)36)21-11-9-20(31)10-12-21/h5-12,27H,13-18H2,1-4H3/t27-/m1/s1. The summed E-state index contributed by atoms with van der Waals surface area (Å²) in [6.07, 6.45) is 0. The molecule has 0 spiro atoms. The number of amides is 3. The van der Waals surface area contributed by atoms with Crippen LogP contribution in [0.4, 0.5) is 14.6 Å². The summed E-state index contributed by atoms with van der Waals surface area (Å²) < 4.78 is 30.8. The highest BCUT2D eigenvalue weighted by atomic mass is 32.2. The smallest absolute Gasteiger partial charge is 0.242 e.